The van der Waals surface area contributed by atoms with E-state index in [2.05, 4.69) is 10.7 Å². The van der Waals surface area contributed by atoms with E-state index in [0.717, 1.165) is 25.8 Å². The Morgan fingerprint density at radius 1 is 1.30 bits per heavy atom. The van der Waals surface area contributed by atoms with Gasteiger partial charge in [0.2, 0.25) is 11.8 Å². The molecule has 1 fully saturated rings. The molecule has 0 spiro atoms. The number of hydrogen-bond acceptors (Lipinski definition) is 4. The molecule has 0 saturated carbocycles. The number of carbonyl (C=O) groups excluding carboxylic acids is 2. The first kappa shape index (κ1) is 16.5. The SMILES string of the molecule is NC(=O)CN1CCC[C@@H](C(=O)NCc2csc3c2CCCC3)C1. The van der Waals surface area contributed by atoms with E-state index in [1.165, 1.54) is 35.3 Å². The van der Waals surface area contributed by atoms with Gasteiger partial charge in [0, 0.05) is 18.0 Å². The van der Waals surface area contributed by atoms with Gasteiger partial charge in [-0.2, -0.15) is 0 Å². The molecular formula is C17H25N3O2S. The molecular weight excluding hydrogens is 310 g/mol. The Morgan fingerprint density at radius 3 is 2.96 bits per heavy atom. The van der Waals surface area contributed by atoms with Gasteiger partial charge in [-0.15, -0.1) is 11.3 Å². The summed E-state index contributed by atoms with van der Waals surface area (Å²) in [4.78, 5) is 27.0. The first-order valence-electron chi connectivity index (χ1n) is 8.50. The lowest BCUT2D eigenvalue weighted by Crippen LogP contribution is -2.45. The lowest BCUT2D eigenvalue weighted by atomic mass is 9.95. The summed E-state index contributed by atoms with van der Waals surface area (Å²) in [6, 6.07) is 0. The molecule has 2 aliphatic rings. The highest BCUT2D eigenvalue weighted by Crippen LogP contribution is 2.30. The van der Waals surface area contributed by atoms with E-state index in [4.69, 9.17) is 5.73 Å². The molecule has 3 N–H and O–H groups in total. The molecule has 1 saturated heterocycles. The minimum Gasteiger partial charge on any atom is -0.369 e. The van der Waals surface area contributed by atoms with Crippen LogP contribution < -0.4 is 11.1 Å². The molecule has 0 unspecified atom stereocenters. The van der Waals surface area contributed by atoms with E-state index in [0.29, 0.717) is 13.1 Å². The van der Waals surface area contributed by atoms with Crippen LogP contribution in [0.1, 0.15) is 41.7 Å². The predicted octanol–water partition coefficient (Wildman–Crippen LogP) is 1.44. The number of fused-ring (bicyclic) bond motifs is 1. The number of likely N-dealkylation sites (tertiary alicyclic amines) is 1. The van der Waals surface area contributed by atoms with Crippen LogP contribution in [-0.2, 0) is 29.0 Å². The maximum absolute atomic E-state index is 12.4. The van der Waals surface area contributed by atoms with E-state index < -0.39 is 0 Å². The molecule has 1 aliphatic heterocycles. The van der Waals surface area contributed by atoms with Gasteiger partial charge < -0.3 is 11.1 Å². The molecule has 0 aromatic carbocycles. The van der Waals surface area contributed by atoms with Crippen molar-refractivity contribution in [2.24, 2.45) is 11.7 Å². The molecule has 1 aromatic rings. The second-order valence-electron chi connectivity index (χ2n) is 6.63. The third kappa shape index (κ3) is 4.12. The van der Waals surface area contributed by atoms with Crippen molar-refractivity contribution in [2.45, 2.75) is 45.1 Å². The molecule has 2 heterocycles. The van der Waals surface area contributed by atoms with E-state index in [9.17, 15) is 9.59 Å². The lowest BCUT2D eigenvalue weighted by molar-refractivity contribution is -0.128. The van der Waals surface area contributed by atoms with Crippen LogP contribution in [0.4, 0.5) is 0 Å². The largest absolute Gasteiger partial charge is 0.369 e. The number of hydrogen-bond donors (Lipinski definition) is 2. The minimum atomic E-state index is -0.323. The van der Waals surface area contributed by atoms with E-state index in [-0.39, 0.29) is 24.3 Å². The van der Waals surface area contributed by atoms with Crippen molar-refractivity contribution >= 4 is 23.2 Å². The average Bonchev–Trinajstić information content (AvgIpc) is 2.95. The van der Waals surface area contributed by atoms with Crippen molar-refractivity contribution < 1.29 is 9.59 Å². The number of aryl methyl sites for hydroxylation is 1. The van der Waals surface area contributed by atoms with Gasteiger partial charge in [0.25, 0.3) is 0 Å². The monoisotopic (exact) mass is 335 g/mol. The Labute approximate surface area is 141 Å². The van der Waals surface area contributed by atoms with Crippen molar-refractivity contribution in [3.05, 3.63) is 21.4 Å². The first-order chi connectivity index (χ1) is 11.1. The van der Waals surface area contributed by atoms with Crippen molar-refractivity contribution in [1.29, 1.82) is 0 Å². The number of nitrogens with two attached hydrogens (primary N) is 1. The Morgan fingerprint density at radius 2 is 2.13 bits per heavy atom. The molecule has 1 aromatic heterocycles. The summed E-state index contributed by atoms with van der Waals surface area (Å²) in [5, 5.41) is 5.31. The summed E-state index contributed by atoms with van der Waals surface area (Å²) < 4.78 is 0. The van der Waals surface area contributed by atoms with Gasteiger partial charge in [0.05, 0.1) is 12.5 Å². The van der Waals surface area contributed by atoms with Crippen LogP contribution in [0, 0.1) is 5.92 Å². The summed E-state index contributed by atoms with van der Waals surface area (Å²) in [5.41, 5.74) is 8.02. The standard InChI is InChI=1S/C17H25N3O2S/c18-16(21)10-20-7-3-4-12(9-20)17(22)19-8-13-11-23-15-6-2-1-5-14(13)15/h11-12H,1-10H2,(H2,18,21)(H,19,22)/t12-/m1/s1. The average molecular weight is 335 g/mol. The van der Waals surface area contributed by atoms with Crippen molar-refractivity contribution in [3.63, 3.8) is 0 Å². The summed E-state index contributed by atoms with van der Waals surface area (Å²) in [6.45, 7) is 2.38. The molecule has 23 heavy (non-hydrogen) atoms. The highest BCUT2D eigenvalue weighted by atomic mass is 32.1. The topological polar surface area (TPSA) is 75.4 Å². The number of primary amides is 1. The van der Waals surface area contributed by atoms with E-state index >= 15 is 0 Å². The zero-order valence-electron chi connectivity index (χ0n) is 13.5. The molecule has 1 atom stereocenters. The summed E-state index contributed by atoms with van der Waals surface area (Å²) >= 11 is 1.84. The van der Waals surface area contributed by atoms with Crippen LogP contribution in [0.15, 0.2) is 5.38 Å². The second kappa shape index (κ2) is 7.45. The molecule has 2 amide bonds. The lowest BCUT2D eigenvalue weighted by Gasteiger charge is -2.31. The maximum Gasteiger partial charge on any atom is 0.231 e. The zero-order chi connectivity index (χ0) is 16.2. The highest BCUT2D eigenvalue weighted by molar-refractivity contribution is 7.10. The Kier molecular flexibility index (Phi) is 5.33. The molecule has 5 nitrogen and oxygen atoms in total. The van der Waals surface area contributed by atoms with Gasteiger partial charge in [-0.05, 0) is 61.6 Å². The van der Waals surface area contributed by atoms with Crippen LogP contribution >= 0.6 is 11.3 Å². The number of nitrogens with one attached hydrogen (secondary N) is 1. The van der Waals surface area contributed by atoms with Gasteiger partial charge >= 0.3 is 0 Å². The number of nitrogens with zero attached hydrogens (tertiary/aromatic N) is 1. The van der Waals surface area contributed by atoms with E-state index in [1.807, 2.05) is 16.2 Å². The first-order valence-corrected chi connectivity index (χ1v) is 9.38. The number of rotatable bonds is 5. The van der Waals surface area contributed by atoms with Gasteiger partial charge in [-0.3, -0.25) is 14.5 Å². The van der Waals surface area contributed by atoms with Crippen LogP contribution in [0.2, 0.25) is 0 Å². The molecule has 6 heteroatoms. The Bertz CT molecular complexity index is 584. The number of thiophene rings is 1. The van der Waals surface area contributed by atoms with Gasteiger partial charge in [0.1, 0.15) is 0 Å². The molecule has 0 radical (unpaired) electrons. The number of amides is 2. The fourth-order valence-corrected chi connectivity index (χ4v) is 4.82. The van der Waals surface area contributed by atoms with E-state index in [1.54, 1.807) is 0 Å². The predicted molar refractivity (Wildman–Crippen MR) is 91.2 cm³/mol. The summed E-state index contributed by atoms with van der Waals surface area (Å²) in [5.74, 6) is -0.247. The van der Waals surface area contributed by atoms with Crippen LogP contribution in [0.25, 0.3) is 0 Å². The molecule has 0 bridgehead atoms. The zero-order valence-corrected chi connectivity index (χ0v) is 14.3. The van der Waals surface area contributed by atoms with Crippen molar-refractivity contribution in [1.82, 2.24) is 10.2 Å². The fraction of sp³-hybridized carbons (Fsp3) is 0.647. The van der Waals surface area contributed by atoms with Gasteiger partial charge in [0.15, 0.2) is 0 Å². The minimum absolute atomic E-state index is 0.0300. The third-order valence-corrected chi connectivity index (χ3v) is 5.99. The highest BCUT2D eigenvalue weighted by Gasteiger charge is 2.26. The normalized spacial score (nSPS) is 21.7. The maximum atomic E-state index is 12.4. The summed E-state index contributed by atoms with van der Waals surface area (Å²) in [6.07, 6.45) is 6.73. The molecule has 3 rings (SSSR count). The van der Waals surface area contributed by atoms with Gasteiger partial charge in [-0.25, -0.2) is 0 Å². The van der Waals surface area contributed by atoms with Crippen LogP contribution in [0.3, 0.4) is 0 Å². The quantitative estimate of drug-likeness (QED) is 0.855. The molecule has 1 aliphatic carbocycles. The smallest absolute Gasteiger partial charge is 0.231 e. The van der Waals surface area contributed by atoms with Crippen molar-refractivity contribution in [3.8, 4) is 0 Å². The Balaban J connectivity index is 1.53. The third-order valence-electron chi connectivity index (χ3n) is 4.86. The van der Waals surface area contributed by atoms with Gasteiger partial charge in [-0.1, -0.05) is 0 Å². The number of piperidine rings is 1. The fourth-order valence-electron chi connectivity index (χ4n) is 3.67. The Hall–Kier alpha value is -1.40. The summed E-state index contributed by atoms with van der Waals surface area (Å²) in [7, 11) is 0. The number of carbonyl (C=O) groups is 2. The van der Waals surface area contributed by atoms with Crippen LogP contribution in [-0.4, -0.2) is 36.3 Å². The molecule has 126 valence electrons. The second-order valence-corrected chi connectivity index (χ2v) is 7.59. The van der Waals surface area contributed by atoms with Crippen LogP contribution in [0.5, 0.6) is 0 Å². The van der Waals surface area contributed by atoms with Crippen molar-refractivity contribution in [2.75, 3.05) is 19.6 Å².